The number of ketones is 1. The summed E-state index contributed by atoms with van der Waals surface area (Å²) in [5, 5.41) is 12.0. The monoisotopic (exact) mass is 329 g/mol. The fourth-order valence-electron chi connectivity index (χ4n) is 2.94. The number of carbonyl (C=O) groups is 1. The smallest absolute Gasteiger partial charge is 0.165 e. The first-order valence-electron chi connectivity index (χ1n) is 8.32. The number of carbonyl (C=O) groups excluding carboxylic acids is 1. The first kappa shape index (κ1) is 16.7. The van der Waals surface area contributed by atoms with Crippen LogP contribution in [0.4, 0.5) is 0 Å². The second-order valence-corrected chi connectivity index (χ2v) is 6.33. The van der Waals surface area contributed by atoms with Crippen LogP contribution < -0.4 is 0 Å². The molecule has 3 rings (SSSR count). The Morgan fingerprint density at radius 3 is 2.88 bits per heavy atom. The zero-order chi connectivity index (χ0) is 16.9. The molecule has 1 aromatic heterocycles. The van der Waals surface area contributed by atoms with E-state index in [1.54, 1.807) is 0 Å². The van der Waals surface area contributed by atoms with E-state index in [2.05, 4.69) is 34.3 Å². The van der Waals surface area contributed by atoms with Crippen LogP contribution in [-0.2, 0) is 11.3 Å². The molecule has 1 aliphatic heterocycles. The van der Waals surface area contributed by atoms with Crippen molar-refractivity contribution in [1.82, 2.24) is 25.1 Å². The fourth-order valence-corrected chi connectivity index (χ4v) is 2.94. The fraction of sp³-hybridized carbons (Fsp3) is 0.529. The van der Waals surface area contributed by atoms with Crippen LogP contribution in [0, 0.1) is 0 Å². The maximum Gasteiger partial charge on any atom is 0.165 e. The van der Waals surface area contributed by atoms with E-state index in [1.165, 1.54) is 0 Å². The van der Waals surface area contributed by atoms with Gasteiger partial charge in [-0.25, -0.2) is 4.68 Å². The highest BCUT2D eigenvalue weighted by atomic mass is 16.5. The van der Waals surface area contributed by atoms with Crippen molar-refractivity contribution in [2.24, 2.45) is 0 Å². The Balaban J connectivity index is 1.69. The maximum absolute atomic E-state index is 12.5. The second kappa shape index (κ2) is 7.63. The lowest BCUT2D eigenvalue weighted by atomic mass is 10.0. The normalized spacial score (nSPS) is 18.9. The molecule has 0 bridgehead atoms. The van der Waals surface area contributed by atoms with Crippen molar-refractivity contribution in [3.63, 3.8) is 0 Å². The van der Waals surface area contributed by atoms with Crippen molar-refractivity contribution >= 4 is 5.78 Å². The Morgan fingerprint density at radius 2 is 2.12 bits per heavy atom. The van der Waals surface area contributed by atoms with Gasteiger partial charge in [0, 0.05) is 24.6 Å². The zero-order valence-electron chi connectivity index (χ0n) is 14.1. The molecular weight excluding hydrogens is 306 g/mol. The molecule has 7 nitrogen and oxygen atoms in total. The predicted octanol–water partition coefficient (Wildman–Crippen LogP) is 1.73. The van der Waals surface area contributed by atoms with E-state index in [0.29, 0.717) is 26.2 Å². The number of hydrogen-bond donors (Lipinski definition) is 0. The van der Waals surface area contributed by atoms with Crippen LogP contribution in [0.5, 0.6) is 0 Å². The molecule has 0 saturated carbocycles. The maximum atomic E-state index is 12.5. The summed E-state index contributed by atoms with van der Waals surface area (Å²) in [6, 6.07) is 9.66. The molecule has 1 atom stereocenters. The zero-order valence-corrected chi connectivity index (χ0v) is 14.1. The van der Waals surface area contributed by atoms with E-state index in [4.69, 9.17) is 4.74 Å². The Morgan fingerprint density at radius 1 is 1.33 bits per heavy atom. The topological polar surface area (TPSA) is 73.1 Å². The standard InChI is InChI=1S/C17H23N5O2/c1-13(2)22-17(18-19-20-22)11-21-8-9-24-12-15(21)10-16(23)14-6-4-3-5-7-14/h3-7,13,15H,8-12H2,1-2H3/t15-/m1/s1. The van der Waals surface area contributed by atoms with Gasteiger partial charge in [0.05, 0.1) is 25.8 Å². The van der Waals surface area contributed by atoms with Gasteiger partial charge in [0.2, 0.25) is 0 Å². The summed E-state index contributed by atoms with van der Waals surface area (Å²) in [7, 11) is 0. The van der Waals surface area contributed by atoms with Gasteiger partial charge in [-0.15, -0.1) is 5.10 Å². The van der Waals surface area contributed by atoms with Gasteiger partial charge >= 0.3 is 0 Å². The van der Waals surface area contributed by atoms with Crippen molar-refractivity contribution in [3.05, 3.63) is 41.7 Å². The van der Waals surface area contributed by atoms with Gasteiger partial charge in [-0.1, -0.05) is 30.3 Å². The van der Waals surface area contributed by atoms with Crippen LogP contribution in [0.2, 0.25) is 0 Å². The molecule has 0 aliphatic carbocycles. The molecular formula is C17H23N5O2. The highest BCUT2D eigenvalue weighted by molar-refractivity contribution is 5.96. The molecule has 0 N–H and O–H groups in total. The Kier molecular flexibility index (Phi) is 5.32. The van der Waals surface area contributed by atoms with Gasteiger partial charge in [-0.2, -0.15) is 0 Å². The lowest BCUT2D eigenvalue weighted by Crippen LogP contribution is -2.46. The van der Waals surface area contributed by atoms with Crippen molar-refractivity contribution < 1.29 is 9.53 Å². The number of hydrogen-bond acceptors (Lipinski definition) is 6. The first-order valence-corrected chi connectivity index (χ1v) is 8.32. The highest BCUT2D eigenvalue weighted by Crippen LogP contribution is 2.17. The molecule has 0 radical (unpaired) electrons. The molecule has 0 amide bonds. The molecule has 128 valence electrons. The molecule has 7 heteroatoms. The Bertz CT molecular complexity index is 671. The molecule has 2 aromatic rings. The van der Waals surface area contributed by atoms with Gasteiger partial charge in [-0.3, -0.25) is 9.69 Å². The third kappa shape index (κ3) is 3.85. The summed E-state index contributed by atoms with van der Waals surface area (Å²) < 4.78 is 7.42. The molecule has 0 spiro atoms. The van der Waals surface area contributed by atoms with Gasteiger partial charge < -0.3 is 4.74 Å². The summed E-state index contributed by atoms with van der Waals surface area (Å²) in [6.07, 6.45) is 0.438. The number of rotatable bonds is 6. The van der Waals surface area contributed by atoms with Crippen LogP contribution in [0.1, 0.15) is 42.5 Å². The van der Waals surface area contributed by atoms with Gasteiger partial charge in [-0.05, 0) is 24.3 Å². The minimum Gasteiger partial charge on any atom is -0.378 e. The molecule has 1 aromatic carbocycles. The number of morpholine rings is 1. The van der Waals surface area contributed by atoms with Crippen LogP contribution in [-0.4, -0.2) is 56.7 Å². The van der Waals surface area contributed by atoms with E-state index in [-0.39, 0.29) is 17.9 Å². The lowest BCUT2D eigenvalue weighted by Gasteiger charge is -2.34. The van der Waals surface area contributed by atoms with E-state index in [9.17, 15) is 4.79 Å². The number of benzene rings is 1. The third-order valence-electron chi connectivity index (χ3n) is 4.26. The van der Waals surface area contributed by atoms with E-state index in [1.807, 2.05) is 35.0 Å². The molecule has 1 fully saturated rings. The number of tetrazole rings is 1. The van der Waals surface area contributed by atoms with Crippen molar-refractivity contribution in [2.75, 3.05) is 19.8 Å². The number of nitrogens with zero attached hydrogens (tertiary/aromatic N) is 5. The first-order chi connectivity index (χ1) is 11.6. The summed E-state index contributed by atoms with van der Waals surface area (Å²) >= 11 is 0. The van der Waals surface area contributed by atoms with Crippen molar-refractivity contribution in [1.29, 1.82) is 0 Å². The Hall–Kier alpha value is -2.12. The average Bonchev–Trinajstić information content (AvgIpc) is 3.06. The van der Waals surface area contributed by atoms with E-state index < -0.39 is 0 Å². The summed E-state index contributed by atoms with van der Waals surface area (Å²) in [4.78, 5) is 14.8. The molecule has 1 aliphatic rings. The van der Waals surface area contributed by atoms with Gasteiger partial charge in [0.1, 0.15) is 0 Å². The van der Waals surface area contributed by atoms with E-state index in [0.717, 1.165) is 17.9 Å². The van der Waals surface area contributed by atoms with Crippen molar-refractivity contribution in [2.45, 2.75) is 38.9 Å². The summed E-state index contributed by atoms with van der Waals surface area (Å²) in [5.74, 6) is 0.962. The molecule has 24 heavy (non-hydrogen) atoms. The van der Waals surface area contributed by atoms with Crippen LogP contribution in [0.25, 0.3) is 0 Å². The quantitative estimate of drug-likeness (QED) is 0.752. The molecule has 0 unspecified atom stereocenters. The molecule has 2 heterocycles. The van der Waals surface area contributed by atoms with Crippen molar-refractivity contribution in [3.8, 4) is 0 Å². The predicted molar refractivity (Wildman–Crippen MR) is 88.6 cm³/mol. The SMILES string of the molecule is CC(C)n1nnnc1CN1CCOC[C@H]1CC(=O)c1ccccc1. The van der Waals surface area contributed by atoms with Crippen LogP contribution in [0.3, 0.4) is 0 Å². The van der Waals surface area contributed by atoms with E-state index >= 15 is 0 Å². The summed E-state index contributed by atoms with van der Waals surface area (Å²) in [6.45, 7) is 6.73. The third-order valence-corrected chi connectivity index (χ3v) is 4.26. The molecule has 1 saturated heterocycles. The largest absolute Gasteiger partial charge is 0.378 e. The minimum atomic E-state index is 0.0452. The van der Waals surface area contributed by atoms with Crippen LogP contribution >= 0.6 is 0 Å². The number of ether oxygens (including phenoxy) is 1. The number of Topliss-reactive ketones (excluding diaryl/α,β-unsaturated/α-hetero) is 1. The lowest BCUT2D eigenvalue weighted by molar-refractivity contribution is -0.0143. The summed E-state index contributed by atoms with van der Waals surface area (Å²) in [5.41, 5.74) is 0.745. The second-order valence-electron chi connectivity index (χ2n) is 6.33. The van der Waals surface area contributed by atoms with Gasteiger partial charge in [0.25, 0.3) is 0 Å². The van der Waals surface area contributed by atoms with Gasteiger partial charge in [0.15, 0.2) is 11.6 Å². The minimum absolute atomic E-state index is 0.0452. The van der Waals surface area contributed by atoms with Crippen LogP contribution in [0.15, 0.2) is 30.3 Å². The average molecular weight is 329 g/mol. The highest BCUT2D eigenvalue weighted by Gasteiger charge is 2.27. The Labute approximate surface area is 141 Å². The number of aromatic nitrogens is 4.